The molecule has 1 heterocycles. The molecule has 0 amide bonds. The van der Waals surface area contributed by atoms with Crippen molar-refractivity contribution in [1.82, 2.24) is 0 Å². The Labute approximate surface area is 196 Å². The Morgan fingerprint density at radius 1 is 0.906 bits per heavy atom. The summed E-state index contributed by atoms with van der Waals surface area (Å²) in [6.07, 6.45) is 22.2. The number of hydrogen-bond acceptors (Lipinski definition) is 3. The van der Waals surface area contributed by atoms with Gasteiger partial charge in [-0.15, -0.1) is 0 Å². The summed E-state index contributed by atoms with van der Waals surface area (Å²) in [6.45, 7) is 4.85. The van der Waals surface area contributed by atoms with E-state index in [4.69, 9.17) is 9.47 Å². The molecule has 4 fully saturated rings. The normalized spacial score (nSPS) is 38.3. The van der Waals surface area contributed by atoms with Crippen LogP contribution in [0, 0.1) is 35.5 Å². The number of rotatable bonds is 4. The first-order chi connectivity index (χ1) is 15.6. The molecule has 3 heteroatoms. The van der Waals surface area contributed by atoms with Crippen LogP contribution in [-0.2, 0) is 14.3 Å². The lowest BCUT2D eigenvalue weighted by atomic mass is 9.57. The second-order valence-corrected chi connectivity index (χ2v) is 11.9. The first kappa shape index (κ1) is 22.9. The fourth-order valence-corrected chi connectivity index (χ4v) is 8.70. The quantitative estimate of drug-likeness (QED) is 0.431. The second kappa shape index (κ2) is 9.80. The number of esters is 1. The summed E-state index contributed by atoms with van der Waals surface area (Å²) in [4.78, 5) is 13.4. The molecule has 5 unspecified atom stereocenters. The SMILES string of the molecule is CCOC(=O)C1=CC(C2CCCCC2)(C2CCCCC2)OC2C1CC(C)C1CCCCC12. The van der Waals surface area contributed by atoms with Gasteiger partial charge in [-0.1, -0.05) is 58.3 Å². The van der Waals surface area contributed by atoms with E-state index in [1.54, 1.807) is 0 Å². The molecule has 0 aromatic carbocycles. The molecule has 3 nitrogen and oxygen atoms in total. The maximum Gasteiger partial charge on any atom is 0.334 e. The highest BCUT2D eigenvalue weighted by molar-refractivity contribution is 5.89. The maximum absolute atomic E-state index is 13.4. The van der Waals surface area contributed by atoms with Crippen molar-refractivity contribution >= 4 is 5.97 Å². The van der Waals surface area contributed by atoms with Gasteiger partial charge in [-0.2, -0.15) is 0 Å². The van der Waals surface area contributed by atoms with Crippen molar-refractivity contribution in [2.24, 2.45) is 35.5 Å². The van der Waals surface area contributed by atoms with E-state index >= 15 is 0 Å². The van der Waals surface area contributed by atoms with E-state index in [2.05, 4.69) is 13.0 Å². The molecule has 4 aliphatic carbocycles. The maximum atomic E-state index is 13.4. The summed E-state index contributed by atoms with van der Waals surface area (Å²) >= 11 is 0. The molecular weight excluding hydrogens is 396 g/mol. The fourth-order valence-electron chi connectivity index (χ4n) is 8.70. The lowest BCUT2D eigenvalue weighted by molar-refractivity contribution is -0.207. The van der Waals surface area contributed by atoms with Crippen LogP contribution in [-0.4, -0.2) is 24.3 Å². The molecule has 0 bridgehead atoms. The Bertz CT molecular complexity index is 667. The van der Waals surface area contributed by atoms with Gasteiger partial charge >= 0.3 is 5.97 Å². The highest BCUT2D eigenvalue weighted by Gasteiger charge is 2.56. The van der Waals surface area contributed by atoms with Gasteiger partial charge in [0, 0.05) is 11.5 Å². The molecular formula is C29H46O3. The molecule has 5 rings (SSSR count). The predicted molar refractivity (Wildman–Crippen MR) is 128 cm³/mol. The molecule has 0 N–H and O–H groups in total. The molecule has 0 aromatic heterocycles. The smallest absolute Gasteiger partial charge is 0.334 e. The third kappa shape index (κ3) is 4.10. The van der Waals surface area contributed by atoms with Gasteiger partial charge in [0.1, 0.15) is 0 Å². The highest BCUT2D eigenvalue weighted by atomic mass is 16.5. The minimum Gasteiger partial charge on any atom is -0.463 e. The number of hydrogen-bond donors (Lipinski definition) is 0. The average Bonchev–Trinajstić information content (AvgIpc) is 2.85. The van der Waals surface area contributed by atoms with Crippen molar-refractivity contribution in [3.63, 3.8) is 0 Å². The van der Waals surface area contributed by atoms with Gasteiger partial charge in [-0.25, -0.2) is 4.79 Å². The largest absolute Gasteiger partial charge is 0.463 e. The van der Waals surface area contributed by atoms with Crippen LogP contribution in [0.25, 0.3) is 0 Å². The molecule has 5 atom stereocenters. The van der Waals surface area contributed by atoms with Crippen LogP contribution in [0.5, 0.6) is 0 Å². The van der Waals surface area contributed by atoms with Crippen LogP contribution in [0.2, 0.25) is 0 Å². The van der Waals surface area contributed by atoms with Gasteiger partial charge in [0.2, 0.25) is 0 Å². The highest BCUT2D eigenvalue weighted by Crippen LogP contribution is 2.57. The Balaban J connectivity index is 1.59. The molecule has 0 saturated heterocycles. The number of carbonyl (C=O) groups is 1. The molecule has 180 valence electrons. The van der Waals surface area contributed by atoms with Crippen molar-refractivity contribution in [1.29, 1.82) is 0 Å². The lowest BCUT2D eigenvalue weighted by Gasteiger charge is -2.58. The van der Waals surface area contributed by atoms with Crippen molar-refractivity contribution in [3.05, 3.63) is 11.6 Å². The fraction of sp³-hybridized carbons (Fsp3) is 0.897. The minimum absolute atomic E-state index is 0.0387. The zero-order valence-corrected chi connectivity index (χ0v) is 20.7. The second-order valence-electron chi connectivity index (χ2n) is 11.9. The molecule has 0 aromatic rings. The van der Waals surface area contributed by atoms with Crippen molar-refractivity contribution in [2.45, 2.75) is 122 Å². The lowest BCUT2D eigenvalue weighted by Crippen LogP contribution is -2.59. The summed E-state index contributed by atoms with van der Waals surface area (Å²) in [5.41, 5.74) is 0.780. The molecule has 4 saturated carbocycles. The third-order valence-electron chi connectivity index (χ3n) is 10.2. The first-order valence-electron chi connectivity index (χ1n) is 14.2. The van der Waals surface area contributed by atoms with E-state index < -0.39 is 0 Å². The van der Waals surface area contributed by atoms with Gasteiger partial charge in [0.05, 0.1) is 18.3 Å². The zero-order valence-electron chi connectivity index (χ0n) is 20.7. The topological polar surface area (TPSA) is 35.5 Å². The standard InChI is InChI=1S/C29H46O3/c1-3-31-28(30)26-19-29(21-12-6-4-7-13-21,22-14-8-5-9-15-22)32-27-24-17-11-10-16-23(24)20(2)18-25(26)27/h19-25,27H,3-18H2,1-2H3. The van der Waals surface area contributed by atoms with Crippen molar-refractivity contribution in [2.75, 3.05) is 6.61 Å². The van der Waals surface area contributed by atoms with E-state index in [1.165, 1.54) is 89.9 Å². The molecule has 5 aliphatic rings. The number of ether oxygens (including phenoxy) is 2. The van der Waals surface area contributed by atoms with Gasteiger partial charge in [0.15, 0.2) is 0 Å². The summed E-state index contributed by atoms with van der Waals surface area (Å²) in [7, 11) is 0. The van der Waals surface area contributed by atoms with Crippen LogP contribution < -0.4 is 0 Å². The van der Waals surface area contributed by atoms with Gasteiger partial charge in [0.25, 0.3) is 0 Å². The van der Waals surface area contributed by atoms with Gasteiger partial charge in [-0.05, 0) is 87.5 Å². The van der Waals surface area contributed by atoms with Crippen LogP contribution in [0.15, 0.2) is 11.6 Å². The van der Waals surface area contributed by atoms with Crippen LogP contribution >= 0.6 is 0 Å². The van der Waals surface area contributed by atoms with Crippen molar-refractivity contribution in [3.8, 4) is 0 Å². The Morgan fingerprint density at radius 2 is 1.47 bits per heavy atom. The van der Waals surface area contributed by atoms with Crippen LogP contribution in [0.1, 0.15) is 110 Å². The average molecular weight is 443 g/mol. The summed E-state index contributed by atoms with van der Waals surface area (Å²) < 4.78 is 13.3. The summed E-state index contributed by atoms with van der Waals surface area (Å²) in [5.74, 6) is 3.44. The van der Waals surface area contributed by atoms with Gasteiger partial charge < -0.3 is 9.47 Å². The summed E-state index contributed by atoms with van der Waals surface area (Å²) in [5, 5.41) is 0. The molecule has 0 radical (unpaired) electrons. The Hall–Kier alpha value is -0.830. The van der Waals surface area contributed by atoms with E-state index in [1.807, 2.05) is 6.92 Å². The van der Waals surface area contributed by atoms with Crippen LogP contribution in [0.4, 0.5) is 0 Å². The summed E-state index contributed by atoms with van der Waals surface area (Å²) in [6, 6.07) is 0. The number of carbonyl (C=O) groups excluding carboxylic acids is 1. The third-order valence-corrected chi connectivity index (χ3v) is 10.2. The van der Waals surface area contributed by atoms with Gasteiger partial charge in [-0.3, -0.25) is 0 Å². The van der Waals surface area contributed by atoms with Crippen molar-refractivity contribution < 1.29 is 14.3 Å². The van der Waals surface area contributed by atoms with E-state index in [0.29, 0.717) is 30.3 Å². The van der Waals surface area contributed by atoms with Crippen LogP contribution in [0.3, 0.4) is 0 Å². The van der Waals surface area contributed by atoms with E-state index in [0.717, 1.165) is 17.9 Å². The zero-order chi connectivity index (χ0) is 22.1. The predicted octanol–water partition coefficient (Wildman–Crippen LogP) is 7.24. The monoisotopic (exact) mass is 442 g/mol. The molecule has 1 aliphatic heterocycles. The molecule has 32 heavy (non-hydrogen) atoms. The number of fused-ring (bicyclic) bond motifs is 3. The van der Waals surface area contributed by atoms with E-state index in [9.17, 15) is 4.79 Å². The Morgan fingerprint density at radius 3 is 2.06 bits per heavy atom. The molecule has 0 spiro atoms. The first-order valence-corrected chi connectivity index (χ1v) is 14.2. The Kier molecular flexibility index (Phi) is 7.03. The van der Waals surface area contributed by atoms with E-state index in [-0.39, 0.29) is 23.6 Å². The minimum atomic E-state index is -0.229.